The zero-order valence-corrected chi connectivity index (χ0v) is 7.73. The normalized spacial score (nSPS) is 16.0. The van der Waals surface area contributed by atoms with E-state index < -0.39 is 0 Å². The van der Waals surface area contributed by atoms with E-state index in [4.69, 9.17) is 5.73 Å². The third kappa shape index (κ3) is 1.61. The van der Waals surface area contributed by atoms with Gasteiger partial charge in [-0.05, 0) is 22.9 Å². The number of aromatic nitrogens is 4. The Bertz CT molecular complexity index is 244. The molecule has 0 amide bonds. The lowest BCUT2D eigenvalue weighted by Gasteiger charge is -2.15. The van der Waals surface area contributed by atoms with E-state index in [1.54, 1.807) is 4.68 Å². The van der Waals surface area contributed by atoms with Crippen LogP contribution in [0.3, 0.4) is 0 Å². The monoisotopic (exact) mass is 169 g/mol. The van der Waals surface area contributed by atoms with Crippen LogP contribution in [0.4, 0.5) is 0 Å². The van der Waals surface area contributed by atoms with Crippen LogP contribution in [0.2, 0.25) is 0 Å². The van der Waals surface area contributed by atoms with Gasteiger partial charge >= 0.3 is 0 Å². The van der Waals surface area contributed by atoms with Gasteiger partial charge in [0.1, 0.15) is 0 Å². The molecular formula is C7H15N5. The van der Waals surface area contributed by atoms with Gasteiger partial charge in [0.15, 0.2) is 5.82 Å². The van der Waals surface area contributed by atoms with E-state index in [1.807, 2.05) is 7.05 Å². The van der Waals surface area contributed by atoms with Crippen molar-refractivity contribution < 1.29 is 0 Å². The van der Waals surface area contributed by atoms with E-state index in [-0.39, 0.29) is 0 Å². The predicted octanol–water partition coefficient (Wildman–Crippen LogP) is -0.0916. The largest absolute Gasteiger partial charge is 0.330 e. The van der Waals surface area contributed by atoms with E-state index in [2.05, 4.69) is 29.4 Å². The molecule has 0 aliphatic heterocycles. The minimum Gasteiger partial charge on any atom is -0.330 e. The van der Waals surface area contributed by atoms with Crippen molar-refractivity contribution in [2.75, 3.05) is 6.54 Å². The van der Waals surface area contributed by atoms with Gasteiger partial charge in [0.05, 0.1) is 0 Å². The highest BCUT2D eigenvalue weighted by Crippen LogP contribution is 2.19. The molecule has 5 heteroatoms. The first-order chi connectivity index (χ1) is 5.66. The van der Waals surface area contributed by atoms with E-state index in [9.17, 15) is 0 Å². The summed E-state index contributed by atoms with van der Waals surface area (Å²) in [7, 11) is 1.84. The summed E-state index contributed by atoms with van der Waals surface area (Å²) < 4.78 is 1.69. The maximum atomic E-state index is 5.55. The summed E-state index contributed by atoms with van der Waals surface area (Å²) in [6.45, 7) is 4.84. The van der Waals surface area contributed by atoms with Crippen LogP contribution in [-0.4, -0.2) is 26.8 Å². The fraction of sp³-hybridized carbons (Fsp3) is 0.857. The fourth-order valence-corrected chi connectivity index (χ4v) is 1.08. The third-order valence-corrected chi connectivity index (χ3v) is 2.29. The summed E-state index contributed by atoms with van der Waals surface area (Å²) in [5, 5.41) is 11.3. The molecule has 0 saturated carbocycles. The molecule has 1 aromatic heterocycles. The van der Waals surface area contributed by atoms with E-state index in [1.165, 1.54) is 0 Å². The van der Waals surface area contributed by atoms with E-state index in [0.29, 0.717) is 18.4 Å². The second kappa shape index (κ2) is 3.62. The summed E-state index contributed by atoms with van der Waals surface area (Å²) in [4.78, 5) is 0. The molecule has 2 N–H and O–H groups in total. The lowest BCUT2D eigenvalue weighted by Crippen LogP contribution is -2.19. The molecular weight excluding hydrogens is 154 g/mol. The molecule has 0 spiro atoms. The fourth-order valence-electron chi connectivity index (χ4n) is 1.08. The molecule has 1 rings (SSSR count). The van der Waals surface area contributed by atoms with Crippen molar-refractivity contribution in [3.8, 4) is 0 Å². The topological polar surface area (TPSA) is 69.6 Å². The molecule has 5 nitrogen and oxygen atoms in total. The van der Waals surface area contributed by atoms with Crippen LogP contribution < -0.4 is 5.73 Å². The maximum absolute atomic E-state index is 5.55. The average molecular weight is 169 g/mol. The Balaban J connectivity index is 2.77. The quantitative estimate of drug-likeness (QED) is 0.686. The van der Waals surface area contributed by atoms with Crippen molar-refractivity contribution in [1.29, 1.82) is 0 Å². The molecule has 1 heterocycles. The average Bonchev–Trinajstić information content (AvgIpc) is 2.48. The Morgan fingerprint density at radius 1 is 1.50 bits per heavy atom. The smallest absolute Gasteiger partial charge is 0.154 e. The Labute approximate surface area is 71.9 Å². The number of hydrogen-bond acceptors (Lipinski definition) is 4. The second-order valence-electron chi connectivity index (χ2n) is 3.16. The van der Waals surface area contributed by atoms with Crippen LogP contribution in [0.25, 0.3) is 0 Å². The molecule has 0 fully saturated rings. The lowest BCUT2D eigenvalue weighted by atomic mass is 9.95. The van der Waals surface area contributed by atoms with Crippen molar-refractivity contribution in [1.82, 2.24) is 20.2 Å². The Kier molecular flexibility index (Phi) is 2.75. The van der Waals surface area contributed by atoms with Crippen LogP contribution >= 0.6 is 0 Å². The summed E-state index contributed by atoms with van der Waals surface area (Å²) in [5.41, 5.74) is 5.55. The standard InChI is InChI=1S/C7H15N5/c1-5(4-8)6(2)7-9-10-11-12(7)3/h5-6H,4,8H2,1-3H3. The minimum absolute atomic E-state index is 0.315. The Morgan fingerprint density at radius 2 is 2.17 bits per heavy atom. The van der Waals surface area contributed by atoms with Crippen LogP contribution in [-0.2, 0) is 7.05 Å². The highest BCUT2D eigenvalue weighted by molar-refractivity contribution is 4.92. The number of nitrogens with zero attached hydrogens (tertiary/aromatic N) is 4. The second-order valence-corrected chi connectivity index (χ2v) is 3.16. The van der Waals surface area contributed by atoms with E-state index >= 15 is 0 Å². The summed E-state index contributed by atoms with van der Waals surface area (Å²) >= 11 is 0. The van der Waals surface area contributed by atoms with Crippen LogP contribution in [0, 0.1) is 5.92 Å². The number of aryl methyl sites for hydroxylation is 1. The third-order valence-electron chi connectivity index (χ3n) is 2.29. The lowest BCUT2D eigenvalue weighted by molar-refractivity contribution is 0.461. The van der Waals surface area contributed by atoms with Crippen molar-refractivity contribution >= 4 is 0 Å². The van der Waals surface area contributed by atoms with Gasteiger partial charge in [0.2, 0.25) is 0 Å². The number of tetrazole rings is 1. The molecule has 1 aromatic rings. The van der Waals surface area contributed by atoms with Gasteiger partial charge in [-0.15, -0.1) is 5.10 Å². The van der Waals surface area contributed by atoms with Gasteiger partial charge in [-0.25, -0.2) is 4.68 Å². The van der Waals surface area contributed by atoms with Crippen molar-refractivity contribution in [3.05, 3.63) is 5.82 Å². The van der Waals surface area contributed by atoms with Gasteiger partial charge < -0.3 is 5.73 Å². The van der Waals surface area contributed by atoms with Crippen LogP contribution in [0.1, 0.15) is 25.6 Å². The highest BCUT2D eigenvalue weighted by atomic mass is 15.5. The van der Waals surface area contributed by atoms with Gasteiger partial charge in [0.25, 0.3) is 0 Å². The first-order valence-electron chi connectivity index (χ1n) is 4.09. The molecule has 68 valence electrons. The van der Waals surface area contributed by atoms with Crippen LogP contribution in [0.5, 0.6) is 0 Å². The Morgan fingerprint density at radius 3 is 2.58 bits per heavy atom. The molecule has 0 aliphatic carbocycles. The first-order valence-corrected chi connectivity index (χ1v) is 4.09. The minimum atomic E-state index is 0.315. The number of rotatable bonds is 3. The van der Waals surface area contributed by atoms with E-state index in [0.717, 1.165) is 5.82 Å². The molecule has 0 radical (unpaired) electrons. The maximum Gasteiger partial charge on any atom is 0.154 e. The van der Waals surface area contributed by atoms with Gasteiger partial charge in [0, 0.05) is 13.0 Å². The van der Waals surface area contributed by atoms with Crippen molar-refractivity contribution in [3.63, 3.8) is 0 Å². The van der Waals surface area contributed by atoms with Gasteiger partial charge in [-0.1, -0.05) is 13.8 Å². The summed E-state index contributed by atoms with van der Waals surface area (Å²) in [5.74, 6) is 1.62. The number of hydrogen-bond donors (Lipinski definition) is 1. The van der Waals surface area contributed by atoms with Gasteiger partial charge in [-0.3, -0.25) is 0 Å². The SMILES string of the molecule is CC(CN)C(C)c1nnnn1C. The van der Waals surface area contributed by atoms with Crippen LogP contribution in [0.15, 0.2) is 0 Å². The molecule has 0 aromatic carbocycles. The zero-order chi connectivity index (χ0) is 9.14. The molecule has 2 atom stereocenters. The number of nitrogens with two attached hydrogens (primary N) is 1. The Hall–Kier alpha value is -0.970. The molecule has 0 bridgehead atoms. The highest BCUT2D eigenvalue weighted by Gasteiger charge is 2.17. The summed E-state index contributed by atoms with van der Waals surface area (Å²) in [6.07, 6.45) is 0. The van der Waals surface area contributed by atoms with Crippen molar-refractivity contribution in [2.45, 2.75) is 19.8 Å². The van der Waals surface area contributed by atoms with Crippen molar-refractivity contribution in [2.24, 2.45) is 18.7 Å². The predicted molar refractivity (Wildman–Crippen MR) is 45.4 cm³/mol. The zero-order valence-electron chi connectivity index (χ0n) is 7.73. The molecule has 0 saturated heterocycles. The molecule has 2 unspecified atom stereocenters. The molecule has 12 heavy (non-hydrogen) atoms. The van der Waals surface area contributed by atoms with Gasteiger partial charge in [-0.2, -0.15) is 0 Å². The summed E-state index contributed by atoms with van der Waals surface area (Å²) in [6, 6.07) is 0. The first kappa shape index (κ1) is 9.12. The molecule has 0 aliphatic rings.